The highest BCUT2D eigenvalue weighted by atomic mass is 16.4. The van der Waals surface area contributed by atoms with Crippen molar-refractivity contribution in [2.24, 2.45) is 0 Å². The van der Waals surface area contributed by atoms with Gasteiger partial charge in [-0.2, -0.15) is 0 Å². The smallest absolute Gasteiger partial charge is 0.303 e. The van der Waals surface area contributed by atoms with Crippen molar-refractivity contribution in [2.75, 3.05) is 6.54 Å². The molecule has 0 radical (unpaired) electrons. The van der Waals surface area contributed by atoms with Gasteiger partial charge in [0.2, 0.25) is 5.91 Å². The Morgan fingerprint density at radius 3 is 2.79 bits per heavy atom. The summed E-state index contributed by atoms with van der Waals surface area (Å²) in [5, 5.41) is 8.61. The van der Waals surface area contributed by atoms with Crippen LogP contribution < -0.4 is 0 Å². The van der Waals surface area contributed by atoms with Crippen LogP contribution in [0.4, 0.5) is 0 Å². The normalized spacial score (nSPS) is 18.6. The van der Waals surface area contributed by atoms with E-state index in [0.717, 1.165) is 25.1 Å². The van der Waals surface area contributed by atoms with Gasteiger partial charge in [-0.3, -0.25) is 19.6 Å². The minimum absolute atomic E-state index is 0.0125. The molecule has 102 valence electrons. The number of aryl methyl sites for hydroxylation is 1. The molecule has 1 amide bonds. The van der Waals surface area contributed by atoms with Crippen molar-refractivity contribution in [3.8, 4) is 0 Å². The van der Waals surface area contributed by atoms with E-state index in [4.69, 9.17) is 5.11 Å². The molecular formula is C13H17N3O3. The first-order valence-electron chi connectivity index (χ1n) is 6.37. The third-order valence-electron chi connectivity index (χ3n) is 3.32. The van der Waals surface area contributed by atoms with E-state index in [2.05, 4.69) is 9.97 Å². The molecule has 1 aromatic rings. The Kier molecular flexibility index (Phi) is 4.09. The van der Waals surface area contributed by atoms with Gasteiger partial charge in [0.05, 0.1) is 30.0 Å². The van der Waals surface area contributed by atoms with Crippen molar-refractivity contribution >= 4 is 11.9 Å². The van der Waals surface area contributed by atoms with Crippen LogP contribution in [0, 0.1) is 0 Å². The standard InChI is InChI=1S/C13H17N3O3/c1-9(17)16-6-2-3-12(16)11-8-14-10(7-15-11)4-5-13(18)19/h7-8,12H,2-6H2,1H3,(H,18,19)/t12-/m1/s1. The molecule has 6 nitrogen and oxygen atoms in total. The number of carboxylic acids is 1. The van der Waals surface area contributed by atoms with E-state index in [1.165, 1.54) is 0 Å². The van der Waals surface area contributed by atoms with Gasteiger partial charge in [0.25, 0.3) is 0 Å². The number of hydrogen-bond acceptors (Lipinski definition) is 4. The Bertz CT molecular complexity index is 473. The average molecular weight is 263 g/mol. The number of nitrogens with zero attached hydrogens (tertiary/aromatic N) is 3. The summed E-state index contributed by atoms with van der Waals surface area (Å²) in [7, 11) is 0. The average Bonchev–Trinajstić information content (AvgIpc) is 2.86. The summed E-state index contributed by atoms with van der Waals surface area (Å²) >= 11 is 0. The molecule has 1 saturated heterocycles. The summed E-state index contributed by atoms with van der Waals surface area (Å²) in [6, 6.07) is 0.0125. The molecule has 1 aliphatic heterocycles. The maximum absolute atomic E-state index is 11.5. The van der Waals surface area contributed by atoms with Crippen molar-refractivity contribution in [1.29, 1.82) is 0 Å². The summed E-state index contributed by atoms with van der Waals surface area (Å²) in [5.41, 5.74) is 1.45. The van der Waals surface area contributed by atoms with E-state index < -0.39 is 5.97 Å². The second kappa shape index (κ2) is 5.77. The number of aromatic nitrogens is 2. The van der Waals surface area contributed by atoms with Gasteiger partial charge in [-0.1, -0.05) is 0 Å². The van der Waals surface area contributed by atoms with Crippen LogP contribution in [-0.4, -0.2) is 38.4 Å². The molecule has 0 saturated carbocycles. The van der Waals surface area contributed by atoms with Gasteiger partial charge in [0.1, 0.15) is 0 Å². The molecule has 1 N–H and O–H groups in total. The molecule has 1 fully saturated rings. The highest BCUT2D eigenvalue weighted by molar-refractivity contribution is 5.74. The quantitative estimate of drug-likeness (QED) is 0.881. The fourth-order valence-corrected chi connectivity index (χ4v) is 2.35. The highest BCUT2D eigenvalue weighted by Gasteiger charge is 2.28. The number of likely N-dealkylation sites (tertiary alicyclic amines) is 1. The fourth-order valence-electron chi connectivity index (χ4n) is 2.35. The van der Waals surface area contributed by atoms with Gasteiger partial charge in [0, 0.05) is 26.1 Å². The molecule has 0 aliphatic carbocycles. The maximum Gasteiger partial charge on any atom is 0.303 e. The zero-order chi connectivity index (χ0) is 13.8. The van der Waals surface area contributed by atoms with Gasteiger partial charge in [-0.25, -0.2) is 0 Å². The van der Waals surface area contributed by atoms with Gasteiger partial charge in [0.15, 0.2) is 0 Å². The number of carbonyl (C=O) groups is 2. The monoisotopic (exact) mass is 263 g/mol. The predicted molar refractivity (Wildman–Crippen MR) is 67.4 cm³/mol. The van der Waals surface area contributed by atoms with Crippen LogP contribution in [0.25, 0.3) is 0 Å². The van der Waals surface area contributed by atoms with E-state index in [1.807, 2.05) is 0 Å². The molecule has 1 atom stereocenters. The molecule has 2 rings (SSSR count). The van der Waals surface area contributed by atoms with Gasteiger partial charge >= 0.3 is 5.97 Å². The van der Waals surface area contributed by atoms with Crippen LogP contribution in [0.2, 0.25) is 0 Å². The Balaban J connectivity index is 2.05. The van der Waals surface area contributed by atoms with Crippen LogP contribution in [0.5, 0.6) is 0 Å². The van der Waals surface area contributed by atoms with Crippen molar-refractivity contribution < 1.29 is 14.7 Å². The van der Waals surface area contributed by atoms with Crippen LogP contribution in [0.15, 0.2) is 12.4 Å². The second-order valence-electron chi connectivity index (χ2n) is 4.70. The largest absolute Gasteiger partial charge is 0.481 e. The zero-order valence-corrected chi connectivity index (χ0v) is 10.9. The summed E-state index contributed by atoms with van der Waals surface area (Å²) in [6.45, 7) is 2.33. The molecule has 0 spiro atoms. The lowest BCUT2D eigenvalue weighted by atomic mass is 10.1. The molecule has 2 heterocycles. The van der Waals surface area contributed by atoms with E-state index in [1.54, 1.807) is 24.2 Å². The first-order valence-corrected chi connectivity index (χ1v) is 6.37. The van der Waals surface area contributed by atoms with Gasteiger partial charge in [-0.15, -0.1) is 0 Å². The predicted octanol–water partition coefficient (Wildman–Crippen LogP) is 1.18. The third kappa shape index (κ3) is 3.27. The molecule has 0 bridgehead atoms. The maximum atomic E-state index is 11.5. The first-order chi connectivity index (χ1) is 9.08. The summed E-state index contributed by atoms with van der Waals surface area (Å²) in [4.78, 5) is 32.3. The Morgan fingerprint density at radius 2 is 2.21 bits per heavy atom. The molecular weight excluding hydrogens is 246 g/mol. The number of rotatable bonds is 4. The lowest BCUT2D eigenvalue weighted by Gasteiger charge is -2.22. The van der Waals surface area contributed by atoms with Gasteiger partial charge in [-0.05, 0) is 12.8 Å². The van der Waals surface area contributed by atoms with Crippen LogP contribution in [-0.2, 0) is 16.0 Å². The summed E-state index contributed by atoms with van der Waals surface area (Å²) in [6.07, 6.45) is 5.58. The molecule has 6 heteroatoms. The minimum Gasteiger partial charge on any atom is -0.481 e. The highest BCUT2D eigenvalue weighted by Crippen LogP contribution is 2.30. The number of carboxylic acid groups (broad SMARTS) is 1. The zero-order valence-electron chi connectivity index (χ0n) is 10.9. The minimum atomic E-state index is -0.843. The van der Waals surface area contributed by atoms with E-state index in [0.29, 0.717) is 12.1 Å². The lowest BCUT2D eigenvalue weighted by molar-refractivity contribution is -0.137. The van der Waals surface area contributed by atoms with Crippen molar-refractivity contribution in [3.63, 3.8) is 0 Å². The molecule has 1 aliphatic rings. The van der Waals surface area contributed by atoms with Gasteiger partial charge < -0.3 is 10.0 Å². The van der Waals surface area contributed by atoms with Crippen LogP contribution >= 0.6 is 0 Å². The molecule has 0 unspecified atom stereocenters. The molecule has 1 aromatic heterocycles. The second-order valence-corrected chi connectivity index (χ2v) is 4.70. The van der Waals surface area contributed by atoms with Crippen LogP contribution in [0.1, 0.15) is 43.6 Å². The first kappa shape index (κ1) is 13.5. The third-order valence-corrected chi connectivity index (χ3v) is 3.32. The number of amides is 1. The van der Waals surface area contributed by atoms with E-state index in [9.17, 15) is 9.59 Å². The van der Waals surface area contributed by atoms with Crippen molar-refractivity contribution in [2.45, 2.75) is 38.6 Å². The Hall–Kier alpha value is -1.98. The topological polar surface area (TPSA) is 83.4 Å². The fraction of sp³-hybridized carbons (Fsp3) is 0.538. The van der Waals surface area contributed by atoms with Crippen molar-refractivity contribution in [1.82, 2.24) is 14.9 Å². The molecule has 0 aromatic carbocycles. The lowest BCUT2D eigenvalue weighted by Crippen LogP contribution is -2.28. The summed E-state index contributed by atoms with van der Waals surface area (Å²) in [5.74, 6) is -0.788. The molecule has 19 heavy (non-hydrogen) atoms. The Morgan fingerprint density at radius 1 is 1.42 bits per heavy atom. The Labute approximate surface area is 111 Å². The number of hydrogen-bond donors (Lipinski definition) is 1. The number of aliphatic carboxylic acids is 1. The SMILES string of the molecule is CC(=O)N1CCC[C@@H]1c1cnc(CCC(=O)O)cn1. The summed E-state index contributed by atoms with van der Waals surface area (Å²) < 4.78 is 0. The number of carbonyl (C=O) groups excluding carboxylic acids is 1. The van der Waals surface area contributed by atoms with Crippen molar-refractivity contribution in [3.05, 3.63) is 23.8 Å². The van der Waals surface area contributed by atoms with Crippen LogP contribution in [0.3, 0.4) is 0 Å². The van der Waals surface area contributed by atoms with E-state index >= 15 is 0 Å². The van der Waals surface area contributed by atoms with E-state index in [-0.39, 0.29) is 18.4 Å².